The SMILES string of the molecule is CN(CCN)c1ccc2cn[nH]c2n1. The molecule has 0 unspecified atom stereocenters. The molecule has 0 saturated carbocycles. The summed E-state index contributed by atoms with van der Waals surface area (Å²) in [5.74, 6) is 0.909. The Bertz CT molecular complexity index is 422. The predicted octanol–water partition coefficient (Wildman–Crippen LogP) is 0.353. The molecule has 0 spiro atoms. The maximum Gasteiger partial charge on any atom is 0.157 e. The average Bonchev–Trinajstić information content (AvgIpc) is 2.64. The number of H-pyrrole nitrogens is 1. The van der Waals surface area contributed by atoms with E-state index in [-0.39, 0.29) is 0 Å². The highest BCUT2D eigenvalue weighted by Crippen LogP contribution is 2.14. The van der Waals surface area contributed by atoms with E-state index in [1.807, 2.05) is 24.1 Å². The summed E-state index contributed by atoms with van der Waals surface area (Å²) < 4.78 is 0. The lowest BCUT2D eigenvalue weighted by Gasteiger charge is -2.16. The van der Waals surface area contributed by atoms with Crippen molar-refractivity contribution in [1.29, 1.82) is 0 Å². The Kier molecular flexibility index (Phi) is 2.32. The quantitative estimate of drug-likeness (QED) is 0.734. The molecule has 0 fully saturated rings. The van der Waals surface area contributed by atoms with Crippen molar-refractivity contribution in [3.05, 3.63) is 18.3 Å². The van der Waals surface area contributed by atoms with Crippen LogP contribution in [0, 0.1) is 0 Å². The summed E-state index contributed by atoms with van der Waals surface area (Å²) in [7, 11) is 1.97. The number of nitrogens with zero attached hydrogens (tertiary/aromatic N) is 3. The highest BCUT2D eigenvalue weighted by Gasteiger charge is 2.03. The largest absolute Gasteiger partial charge is 0.358 e. The monoisotopic (exact) mass is 191 g/mol. The molecule has 2 rings (SSSR count). The zero-order chi connectivity index (χ0) is 9.97. The third kappa shape index (κ3) is 1.54. The van der Waals surface area contributed by atoms with E-state index < -0.39 is 0 Å². The van der Waals surface area contributed by atoms with Crippen LogP contribution in [0.4, 0.5) is 5.82 Å². The van der Waals surface area contributed by atoms with E-state index in [2.05, 4.69) is 15.2 Å². The van der Waals surface area contributed by atoms with Gasteiger partial charge in [-0.25, -0.2) is 4.98 Å². The Morgan fingerprint density at radius 1 is 1.50 bits per heavy atom. The van der Waals surface area contributed by atoms with Crippen LogP contribution in [0.25, 0.3) is 11.0 Å². The van der Waals surface area contributed by atoms with Gasteiger partial charge in [-0.3, -0.25) is 5.10 Å². The smallest absolute Gasteiger partial charge is 0.157 e. The first-order valence-electron chi connectivity index (χ1n) is 4.52. The highest BCUT2D eigenvalue weighted by molar-refractivity contribution is 5.75. The van der Waals surface area contributed by atoms with Crippen LogP contribution in [0.15, 0.2) is 18.3 Å². The standard InChI is InChI=1S/C9H13N5/c1-14(5-4-10)8-3-2-7-6-11-13-9(7)12-8/h2-3,6H,4-5,10H2,1H3,(H,11,12,13). The van der Waals surface area contributed by atoms with E-state index in [4.69, 9.17) is 5.73 Å². The first-order chi connectivity index (χ1) is 6.81. The second-order valence-electron chi connectivity index (χ2n) is 3.19. The van der Waals surface area contributed by atoms with Gasteiger partial charge in [-0.2, -0.15) is 5.10 Å². The molecule has 0 saturated heterocycles. The lowest BCUT2D eigenvalue weighted by molar-refractivity contribution is 0.870. The average molecular weight is 191 g/mol. The fourth-order valence-electron chi connectivity index (χ4n) is 1.34. The molecule has 0 radical (unpaired) electrons. The van der Waals surface area contributed by atoms with Crippen LogP contribution in [0.1, 0.15) is 0 Å². The number of likely N-dealkylation sites (N-methyl/N-ethyl adjacent to an activating group) is 1. The lowest BCUT2D eigenvalue weighted by Crippen LogP contribution is -2.25. The molecule has 0 aromatic carbocycles. The van der Waals surface area contributed by atoms with E-state index >= 15 is 0 Å². The first-order valence-corrected chi connectivity index (χ1v) is 4.52. The van der Waals surface area contributed by atoms with Crippen molar-refractivity contribution in [3.63, 3.8) is 0 Å². The van der Waals surface area contributed by atoms with Crippen LogP contribution in [-0.4, -0.2) is 35.3 Å². The molecule has 0 amide bonds. The predicted molar refractivity (Wildman–Crippen MR) is 56.2 cm³/mol. The Hall–Kier alpha value is -1.62. The number of hydrogen-bond donors (Lipinski definition) is 2. The zero-order valence-corrected chi connectivity index (χ0v) is 8.07. The molecule has 2 aromatic rings. The minimum Gasteiger partial charge on any atom is -0.358 e. The third-order valence-corrected chi connectivity index (χ3v) is 2.14. The molecule has 5 heteroatoms. The molecule has 14 heavy (non-hydrogen) atoms. The van der Waals surface area contributed by atoms with Crippen molar-refractivity contribution in [3.8, 4) is 0 Å². The van der Waals surface area contributed by atoms with E-state index in [1.165, 1.54) is 0 Å². The van der Waals surface area contributed by atoms with Crippen LogP contribution in [0.3, 0.4) is 0 Å². The molecule has 0 aliphatic heterocycles. The van der Waals surface area contributed by atoms with Crippen molar-refractivity contribution in [1.82, 2.24) is 15.2 Å². The molecule has 0 bridgehead atoms. The fraction of sp³-hybridized carbons (Fsp3) is 0.333. The van der Waals surface area contributed by atoms with E-state index in [0.29, 0.717) is 6.54 Å². The summed E-state index contributed by atoms with van der Waals surface area (Å²) in [5, 5.41) is 7.78. The second-order valence-corrected chi connectivity index (χ2v) is 3.19. The first kappa shape index (κ1) is 8.96. The van der Waals surface area contributed by atoms with Crippen LogP contribution < -0.4 is 10.6 Å². The van der Waals surface area contributed by atoms with Gasteiger partial charge in [0.1, 0.15) is 5.82 Å². The summed E-state index contributed by atoms with van der Waals surface area (Å²) in [6.45, 7) is 1.42. The third-order valence-electron chi connectivity index (χ3n) is 2.14. The number of aromatic nitrogens is 3. The number of nitrogens with two attached hydrogens (primary N) is 1. The molecule has 2 aromatic heterocycles. The van der Waals surface area contributed by atoms with Gasteiger partial charge < -0.3 is 10.6 Å². The van der Waals surface area contributed by atoms with Gasteiger partial charge in [0.25, 0.3) is 0 Å². The van der Waals surface area contributed by atoms with Crippen molar-refractivity contribution in [2.45, 2.75) is 0 Å². The number of aromatic amines is 1. The molecule has 74 valence electrons. The number of rotatable bonds is 3. The fourth-order valence-corrected chi connectivity index (χ4v) is 1.34. The molecule has 0 aliphatic rings. The highest BCUT2D eigenvalue weighted by atomic mass is 15.2. The molecule has 5 nitrogen and oxygen atoms in total. The molecule has 0 atom stereocenters. The normalized spacial score (nSPS) is 10.7. The summed E-state index contributed by atoms with van der Waals surface area (Å²) >= 11 is 0. The van der Waals surface area contributed by atoms with Gasteiger partial charge in [0.05, 0.1) is 6.20 Å². The second kappa shape index (κ2) is 3.63. The van der Waals surface area contributed by atoms with Gasteiger partial charge in [-0.05, 0) is 12.1 Å². The Morgan fingerprint density at radius 3 is 3.14 bits per heavy atom. The molecule has 0 aliphatic carbocycles. The van der Waals surface area contributed by atoms with Crippen molar-refractivity contribution >= 4 is 16.9 Å². The number of hydrogen-bond acceptors (Lipinski definition) is 4. The van der Waals surface area contributed by atoms with Gasteiger partial charge in [0.15, 0.2) is 5.65 Å². The van der Waals surface area contributed by atoms with Gasteiger partial charge in [-0.15, -0.1) is 0 Å². The van der Waals surface area contributed by atoms with Crippen molar-refractivity contribution in [2.24, 2.45) is 5.73 Å². The van der Waals surface area contributed by atoms with Crippen LogP contribution >= 0.6 is 0 Å². The lowest BCUT2D eigenvalue weighted by atomic mass is 10.3. The van der Waals surface area contributed by atoms with Gasteiger partial charge >= 0.3 is 0 Å². The molecule has 2 heterocycles. The van der Waals surface area contributed by atoms with Gasteiger partial charge in [-0.1, -0.05) is 0 Å². The summed E-state index contributed by atoms with van der Waals surface area (Å²) in [4.78, 5) is 6.42. The molecular weight excluding hydrogens is 178 g/mol. The minimum atomic E-state index is 0.624. The summed E-state index contributed by atoms with van der Waals surface area (Å²) in [5.41, 5.74) is 6.28. The topological polar surface area (TPSA) is 70.8 Å². The minimum absolute atomic E-state index is 0.624. The van der Waals surface area contributed by atoms with Gasteiger partial charge in [0.2, 0.25) is 0 Å². The maximum absolute atomic E-state index is 5.47. The summed E-state index contributed by atoms with van der Waals surface area (Å²) in [6.07, 6.45) is 1.76. The Morgan fingerprint density at radius 2 is 2.36 bits per heavy atom. The number of fused-ring (bicyclic) bond motifs is 1. The van der Waals surface area contributed by atoms with Crippen molar-refractivity contribution in [2.75, 3.05) is 25.0 Å². The molecule has 3 N–H and O–H groups in total. The zero-order valence-electron chi connectivity index (χ0n) is 8.07. The summed E-state index contributed by atoms with van der Waals surface area (Å²) in [6, 6.07) is 3.96. The van der Waals surface area contributed by atoms with E-state index in [0.717, 1.165) is 23.4 Å². The maximum atomic E-state index is 5.47. The van der Waals surface area contributed by atoms with Crippen molar-refractivity contribution < 1.29 is 0 Å². The molecular formula is C9H13N5. The number of pyridine rings is 1. The van der Waals surface area contributed by atoms with E-state index in [9.17, 15) is 0 Å². The number of nitrogens with one attached hydrogen (secondary N) is 1. The Labute approximate surface area is 81.9 Å². The van der Waals surface area contributed by atoms with Crippen LogP contribution in [0.2, 0.25) is 0 Å². The van der Waals surface area contributed by atoms with E-state index in [1.54, 1.807) is 6.20 Å². The van der Waals surface area contributed by atoms with Crippen LogP contribution in [0.5, 0.6) is 0 Å². The van der Waals surface area contributed by atoms with Gasteiger partial charge in [0, 0.05) is 25.5 Å². The van der Waals surface area contributed by atoms with Crippen LogP contribution in [-0.2, 0) is 0 Å². The number of anilines is 1. The Balaban J connectivity index is 2.33.